The SMILES string of the molecule is CCC[C@@H](C)CCC[C@@H](C)CCC/C(C)=C/COC(=O)CC[C@H]1C(C)=C2/C=c3\[nH]/c(c(CC)c3C)=C\c3[nH]c(c(CC)c3C=O)/C=c3\[nH]c4c(c3C)C(=O)[C@H](C(=O)OC)C=4C1N2. The van der Waals surface area contributed by atoms with Gasteiger partial charge in [-0.05, 0) is 129 Å². The van der Waals surface area contributed by atoms with Gasteiger partial charge in [0.1, 0.15) is 12.5 Å². The van der Waals surface area contributed by atoms with E-state index in [0.717, 1.165) is 81.7 Å². The molecule has 0 fully saturated rings. The Labute approximate surface area is 367 Å². The molecule has 0 aromatic carbocycles. The summed E-state index contributed by atoms with van der Waals surface area (Å²) in [5, 5.41) is 6.87. The van der Waals surface area contributed by atoms with Gasteiger partial charge in [0.15, 0.2) is 12.1 Å². The Kier molecular flexibility index (Phi) is 15.2. The Morgan fingerprint density at radius 3 is 2.18 bits per heavy atom. The number of allylic oxidation sites excluding steroid dienone is 2. The fourth-order valence-corrected chi connectivity index (χ4v) is 10.3. The molecule has 5 heterocycles. The number of aromatic nitrogens is 3. The van der Waals surface area contributed by atoms with Gasteiger partial charge in [0, 0.05) is 50.9 Å². The van der Waals surface area contributed by atoms with Crippen LogP contribution < -0.4 is 26.7 Å². The maximum atomic E-state index is 14.4. The number of rotatable bonds is 19. The number of methoxy groups -OCH3 is 1. The van der Waals surface area contributed by atoms with Gasteiger partial charge in [-0.1, -0.05) is 78.7 Å². The van der Waals surface area contributed by atoms with Gasteiger partial charge in [0.05, 0.1) is 24.2 Å². The molecule has 334 valence electrons. The molecule has 5 atom stereocenters. The lowest BCUT2D eigenvalue weighted by Crippen LogP contribution is -2.39. The van der Waals surface area contributed by atoms with E-state index in [1.54, 1.807) is 0 Å². The molecule has 1 aliphatic carbocycles. The first-order valence-corrected chi connectivity index (χ1v) is 23.2. The van der Waals surface area contributed by atoms with Gasteiger partial charge in [-0.15, -0.1) is 0 Å². The maximum Gasteiger partial charge on any atom is 0.320 e. The Bertz CT molecular complexity index is 2510. The second-order valence-corrected chi connectivity index (χ2v) is 18.3. The molecule has 10 nitrogen and oxygen atoms in total. The van der Waals surface area contributed by atoms with Gasteiger partial charge < -0.3 is 29.7 Å². The predicted molar refractivity (Wildman–Crippen MR) is 247 cm³/mol. The minimum atomic E-state index is -1.15. The number of fused-ring (bicyclic) bond motifs is 8. The van der Waals surface area contributed by atoms with Crippen LogP contribution in [0.5, 0.6) is 0 Å². The first-order valence-electron chi connectivity index (χ1n) is 23.2. The number of nitrogens with one attached hydrogen (secondary N) is 4. The van der Waals surface area contributed by atoms with Crippen molar-refractivity contribution >= 4 is 47.8 Å². The number of aldehydes is 1. The van der Waals surface area contributed by atoms with E-state index in [-0.39, 0.29) is 30.7 Å². The van der Waals surface area contributed by atoms with E-state index in [1.807, 2.05) is 32.1 Å². The zero-order valence-electron chi connectivity index (χ0n) is 38.9. The molecular weight excluding hydrogens is 777 g/mol. The summed E-state index contributed by atoms with van der Waals surface area (Å²) < 4.78 is 11.1. The minimum absolute atomic E-state index is 0.170. The summed E-state index contributed by atoms with van der Waals surface area (Å²) in [5.74, 6) is -1.07. The monoisotopic (exact) mass is 847 g/mol. The number of aromatic amines is 3. The molecular formula is C52H70N4O6. The van der Waals surface area contributed by atoms with Crippen molar-refractivity contribution in [3.05, 3.63) is 89.1 Å². The van der Waals surface area contributed by atoms with Gasteiger partial charge in [0.2, 0.25) is 0 Å². The highest BCUT2D eigenvalue weighted by Crippen LogP contribution is 2.40. The van der Waals surface area contributed by atoms with Gasteiger partial charge in [-0.25, -0.2) is 0 Å². The van der Waals surface area contributed by atoms with Crippen LogP contribution in [-0.2, 0) is 31.9 Å². The van der Waals surface area contributed by atoms with Crippen molar-refractivity contribution < 1.29 is 28.7 Å². The van der Waals surface area contributed by atoms with Crippen LogP contribution in [-0.4, -0.2) is 58.7 Å². The molecule has 0 radical (unpaired) electrons. The van der Waals surface area contributed by atoms with Gasteiger partial charge >= 0.3 is 11.9 Å². The average molecular weight is 847 g/mol. The van der Waals surface area contributed by atoms with Crippen molar-refractivity contribution in [2.24, 2.45) is 23.7 Å². The summed E-state index contributed by atoms with van der Waals surface area (Å²) in [6, 6.07) is -0.497. The predicted octanol–water partition coefficient (Wildman–Crippen LogP) is 7.36. The Morgan fingerprint density at radius 2 is 1.50 bits per heavy atom. The second kappa shape index (κ2) is 20.4. The highest BCUT2D eigenvalue weighted by Gasteiger charge is 2.47. The Balaban J connectivity index is 1.30. The molecule has 6 rings (SSSR count). The minimum Gasteiger partial charge on any atom is -0.468 e. The Hall–Kier alpha value is -5.12. The smallest absolute Gasteiger partial charge is 0.320 e. The molecule has 4 N–H and O–H groups in total. The molecule has 0 amide bonds. The van der Waals surface area contributed by atoms with E-state index in [9.17, 15) is 19.2 Å². The summed E-state index contributed by atoms with van der Waals surface area (Å²) in [6.07, 6.45) is 20.8. The van der Waals surface area contributed by atoms with Gasteiger partial charge in [-0.3, -0.25) is 19.2 Å². The first kappa shape index (κ1) is 46.4. The van der Waals surface area contributed by atoms with Crippen molar-refractivity contribution in [1.82, 2.24) is 20.3 Å². The number of carbonyl (C=O) groups is 4. The third-order valence-corrected chi connectivity index (χ3v) is 14.0. The fraction of sp³-hybridized carbons (Fsp3) is 0.538. The highest BCUT2D eigenvalue weighted by molar-refractivity contribution is 6.19. The largest absolute Gasteiger partial charge is 0.468 e. The summed E-state index contributed by atoms with van der Waals surface area (Å²) in [7, 11) is 1.31. The van der Waals surface area contributed by atoms with Crippen LogP contribution >= 0.6 is 0 Å². The number of H-pyrrole nitrogens is 3. The third kappa shape index (κ3) is 9.59. The molecule has 62 heavy (non-hydrogen) atoms. The standard InChI is InChI=1S/C52H70N4O6/c1-11-16-29(4)17-14-18-30(5)19-15-20-31(6)23-24-62-45(58)22-21-37-33(8)40-25-39-32(7)35(12-2)42(53-39)27-44-38(28-57)36(13-3)43(54-44)26-41-34(9)46-50(56-41)47(49(37)55-40)48(51(46)59)52(60)61-10/h23,25-30,37,48-49,53-56H,11-22,24H2,1-10H3/b31-23+,39-25-,41-26-,42-27-/t29-,30-,37+,48-,49?/m1/s1. The van der Waals surface area contributed by atoms with Crippen molar-refractivity contribution in [1.29, 1.82) is 0 Å². The fourth-order valence-electron chi connectivity index (χ4n) is 10.3. The lowest BCUT2D eigenvalue weighted by Gasteiger charge is -2.26. The number of hydrogen-bond acceptors (Lipinski definition) is 7. The highest BCUT2D eigenvalue weighted by atomic mass is 16.5. The number of ketones is 1. The number of hydrogen-bond donors (Lipinski definition) is 4. The zero-order valence-corrected chi connectivity index (χ0v) is 38.9. The number of esters is 2. The van der Waals surface area contributed by atoms with Crippen LogP contribution in [0.4, 0.5) is 0 Å². The molecule has 1 unspecified atom stereocenters. The lowest BCUT2D eigenvalue weighted by molar-refractivity contribution is -0.143. The number of ether oxygens (including phenoxy) is 2. The van der Waals surface area contributed by atoms with E-state index in [0.29, 0.717) is 51.5 Å². The Morgan fingerprint density at radius 1 is 0.823 bits per heavy atom. The molecule has 3 aromatic rings. The van der Waals surface area contributed by atoms with Crippen LogP contribution in [0, 0.1) is 37.5 Å². The number of carbonyl (C=O) groups excluding carboxylic acids is 4. The molecule has 8 bridgehead atoms. The zero-order chi connectivity index (χ0) is 44.8. The van der Waals surface area contributed by atoms with E-state index < -0.39 is 17.9 Å². The van der Waals surface area contributed by atoms with Crippen molar-refractivity contribution in [3.8, 4) is 0 Å². The molecule has 0 saturated heterocycles. The lowest BCUT2D eigenvalue weighted by atomic mass is 9.82. The normalized spacial score (nSPS) is 20.8. The summed E-state index contributed by atoms with van der Waals surface area (Å²) in [4.78, 5) is 64.7. The van der Waals surface area contributed by atoms with Crippen LogP contribution in [0.3, 0.4) is 0 Å². The van der Waals surface area contributed by atoms with Crippen molar-refractivity contribution in [2.45, 2.75) is 145 Å². The molecule has 0 spiro atoms. The van der Waals surface area contributed by atoms with Crippen LogP contribution in [0.15, 0.2) is 22.9 Å². The van der Waals surface area contributed by atoms with Gasteiger partial charge in [-0.2, -0.15) is 0 Å². The first-order chi connectivity index (χ1) is 29.8. The van der Waals surface area contributed by atoms with E-state index in [4.69, 9.17) is 9.47 Å². The number of Topliss-reactive ketones (excluding diaryl/α,β-unsaturated/α-hetero) is 1. The molecule has 3 aromatic heterocycles. The summed E-state index contributed by atoms with van der Waals surface area (Å²) in [6.45, 7) is 19.5. The van der Waals surface area contributed by atoms with E-state index in [1.165, 1.54) is 51.2 Å². The summed E-state index contributed by atoms with van der Waals surface area (Å²) in [5.41, 5.74) is 10.1. The molecule has 2 aliphatic heterocycles. The molecule has 3 aliphatic rings. The molecule has 0 saturated carbocycles. The maximum absolute atomic E-state index is 14.4. The third-order valence-electron chi connectivity index (χ3n) is 14.0. The van der Waals surface area contributed by atoms with Crippen LogP contribution in [0.25, 0.3) is 23.8 Å². The molecule has 10 heteroatoms. The van der Waals surface area contributed by atoms with Crippen molar-refractivity contribution in [3.63, 3.8) is 0 Å². The topological polar surface area (TPSA) is 146 Å². The summed E-state index contributed by atoms with van der Waals surface area (Å²) >= 11 is 0. The van der Waals surface area contributed by atoms with Gasteiger partial charge in [0.25, 0.3) is 0 Å². The average Bonchev–Trinajstić information content (AvgIpc) is 4.00. The van der Waals surface area contributed by atoms with Crippen molar-refractivity contribution in [2.75, 3.05) is 13.7 Å². The quantitative estimate of drug-likeness (QED) is 0.0427. The van der Waals surface area contributed by atoms with E-state index >= 15 is 0 Å². The second-order valence-electron chi connectivity index (χ2n) is 18.3. The van der Waals surface area contributed by atoms with E-state index in [2.05, 4.69) is 74.8 Å². The van der Waals surface area contributed by atoms with Crippen LogP contribution in [0.1, 0.15) is 167 Å². The van der Waals surface area contributed by atoms with Crippen LogP contribution in [0.2, 0.25) is 0 Å².